The quantitative estimate of drug-likeness (QED) is 0.735. The van der Waals surface area contributed by atoms with Crippen LogP contribution in [0.2, 0.25) is 0 Å². The third-order valence-electron chi connectivity index (χ3n) is 3.82. The van der Waals surface area contributed by atoms with Crippen LogP contribution in [0.3, 0.4) is 0 Å². The van der Waals surface area contributed by atoms with Crippen molar-refractivity contribution in [2.45, 2.75) is 26.7 Å². The van der Waals surface area contributed by atoms with Crippen molar-refractivity contribution in [2.75, 3.05) is 26.8 Å². The summed E-state index contributed by atoms with van der Waals surface area (Å²) < 4.78 is 6.56. The van der Waals surface area contributed by atoms with E-state index >= 15 is 0 Å². The van der Waals surface area contributed by atoms with Crippen LogP contribution >= 0.6 is 0 Å². The average molecular weight is 335 g/mol. The van der Waals surface area contributed by atoms with Crippen LogP contribution in [0.15, 0.2) is 6.33 Å². The summed E-state index contributed by atoms with van der Waals surface area (Å²) in [6, 6.07) is 0. The molecule has 1 amide bonds. The number of aryl methyl sites for hydroxylation is 2. The number of aromatic nitrogens is 4. The van der Waals surface area contributed by atoms with Gasteiger partial charge in [0.15, 0.2) is 0 Å². The molecule has 2 rings (SSSR count). The van der Waals surface area contributed by atoms with Crippen LogP contribution in [0, 0.1) is 13.8 Å². The van der Waals surface area contributed by atoms with E-state index in [2.05, 4.69) is 15.1 Å². The molecule has 9 heteroatoms. The van der Waals surface area contributed by atoms with Crippen molar-refractivity contribution in [2.24, 2.45) is 0 Å². The molecule has 2 aromatic rings. The number of carboxylic acids is 1. The summed E-state index contributed by atoms with van der Waals surface area (Å²) >= 11 is 0. The minimum Gasteiger partial charge on any atom is -0.480 e. The highest BCUT2D eigenvalue weighted by molar-refractivity contribution is 5.81. The maximum Gasteiger partial charge on any atom is 0.323 e. The summed E-state index contributed by atoms with van der Waals surface area (Å²) in [7, 11) is 1.51. The molecule has 0 bridgehead atoms. The van der Waals surface area contributed by atoms with Crippen molar-refractivity contribution in [1.82, 2.24) is 24.5 Å². The largest absolute Gasteiger partial charge is 0.480 e. The van der Waals surface area contributed by atoms with E-state index in [-0.39, 0.29) is 25.4 Å². The maximum absolute atomic E-state index is 12.3. The van der Waals surface area contributed by atoms with Crippen molar-refractivity contribution in [3.63, 3.8) is 0 Å². The van der Waals surface area contributed by atoms with E-state index in [1.54, 1.807) is 4.52 Å². The lowest BCUT2D eigenvalue weighted by Crippen LogP contribution is -2.38. The van der Waals surface area contributed by atoms with Crippen molar-refractivity contribution in [3.8, 4) is 0 Å². The fourth-order valence-corrected chi connectivity index (χ4v) is 2.56. The molecule has 0 saturated carbocycles. The molecule has 0 spiro atoms. The lowest BCUT2D eigenvalue weighted by Gasteiger charge is -2.20. The summed E-state index contributed by atoms with van der Waals surface area (Å²) in [4.78, 5) is 33.0. The molecule has 0 atom stereocenters. The summed E-state index contributed by atoms with van der Waals surface area (Å²) in [6.07, 6.45) is 2.09. The average Bonchev–Trinajstić information content (AvgIpc) is 2.99. The highest BCUT2D eigenvalue weighted by atomic mass is 16.5. The Hall–Kier alpha value is -2.55. The second-order valence-electron chi connectivity index (χ2n) is 5.43. The molecule has 0 saturated heterocycles. The van der Waals surface area contributed by atoms with E-state index < -0.39 is 5.97 Å². The number of amides is 1. The van der Waals surface area contributed by atoms with Crippen LogP contribution in [0.4, 0.5) is 0 Å². The standard InChI is InChI=1S/C15H21N5O4/c1-10-12(11(2)20-15(18-10)16-9-17-20)4-5-13(21)19(6-7-24-3)8-14(22)23/h9H,4-8H2,1-3H3,(H,22,23). The molecule has 0 aliphatic rings. The van der Waals surface area contributed by atoms with Crippen LogP contribution < -0.4 is 0 Å². The Morgan fingerprint density at radius 2 is 2.12 bits per heavy atom. The van der Waals surface area contributed by atoms with Crippen molar-refractivity contribution in [1.29, 1.82) is 0 Å². The predicted molar refractivity (Wildman–Crippen MR) is 84.7 cm³/mol. The topological polar surface area (TPSA) is 110 Å². The zero-order valence-electron chi connectivity index (χ0n) is 14.0. The van der Waals surface area contributed by atoms with Gasteiger partial charge in [-0.15, -0.1) is 0 Å². The zero-order valence-corrected chi connectivity index (χ0v) is 14.0. The zero-order chi connectivity index (χ0) is 17.7. The van der Waals surface area contributed by atoms with Gasteiger partial charge in [-0.3, -0.25) is 9.59 Å². The molecule has 0 aliphatic carbocycles. The molecule has 130 valence electrons. The number of carbonyl (C=O) groups excluding carboxylic acids is 1. The van der Waals surface area contributed by atoms with Crippen molar-refractivity contribution in [3.05, 3.63) is 23.3 Å². The molecule has 0 radical (unpaired) electrons. The number of nitrogens with zero attached hydrogens (tertiary/aromatic N) is 5. The van der Waals surface area contributed by atoms with Crippen molar-refractivity contribution < 1.29 is 19.4 Å². The van der Waals surface area contributed by atoms with Crippen molar-refractivity contribution >= 4 is 17.7 Å². The van der Waals surface area contributed by atoms with Crippen LogP contribution in [0.25, 0.3) is 5.78 Å². The Labute approximate surface area is 139 Å². The molecule has 0 aliphatic heterocycles. The van der Waals surface area contributed by atoms with E-state index in [1.165, 1.54) is 18.3 Å². The molecule has 24 heavy (non-hydrogen) atoms. The highest BCUT2D eigenvalue weighted by Gasteiger charge is 2.18. The number of carbonyl (C=O) groups is 2. The van der Waals surface area contributed by atoms with Gasteiger partial charge in [0.1, 0.15) is 12.9 Å². The van der Waals surface area contributed by atoms with Gasteiger partial charge in [0.05, 0.1) is 6.61 Å². The first-order valence-corrected chi connectivity index (χ1v) is 7.58. The first-order chi connectivity index (χ1) is 11.4. The van der Waals surface area contributed by atoms with E-state index in [1.807, 2.05) is 13.8 Å². The number of fused-ring (bicyclic) bond motifs is 1. The lowest BCUT2D eigenvalue weighted by atomic mass is 10.1. The monoisotopic (exact) mass is 335 g/mol. The molecule has 0 unspecified atom stereocenters. The molecular formula is C15H21N5O4. The maximum atomic E-state index is 12.3. The molecule has 9 nitrogen and oxygen atoms in total. The van der Waals surface area contributed by atoms with Gasteiger partial charge in [-0.1, -0.05) is 0 Å². The van der Waals surface area contributed by atoms with Gasteiger partial charge in [-0.2, -0.15) is 10.1 Å². The van der Waals surface area contributed by atoms with Gasteiger partial charge in [0.25, 0.3) is 5.78 Å². The van der Waals surface area contributed by atoms with E-state index in [9.17, 15) is 9.59 Å². The third-order valence-corrected chi connectivity index (χ3v) is 3.82. The number of rotatable bonds is 8. The molecule has 2 heterocycles. The van der Waals surface area contributed by atoms with Gasteiger partial charge in [-0.25, -0.2) is 9.50 Å². The number of ether oxygens (including phenoxy) is 1. The summed E-state index contributed by atoms with van der Waals surface area (Å²) in [5.74, 6) is -0.753. The van der Waals surface area contributed by atoms with Gasteiger partial charge in [-0.05, 0) is 25.8 Å². The number of carboxylic acid groups (broad SMARTS) is 1. The Balaban J connectivity index is 2.10. The van der Waals surface area contributed by atoms with E-state index in [0.29, 0.717) is 18.8 Å². The Bertz CT molecular complexity index is 743. The van der Waals surface area contributed by atoms with Gasteiger partial charge in [0.2, 0.25) is 5.91 Å². The third kappa shape index (κ3) is 4.05. The Morgan fingerprint density at radius 1 is 1.38 bits per heavy atom. The molecule has 1 N–H and O–H groups in total. The molecule has 0 fully saturated rings. The fraction of sp³-hybridized carbons (Fsp3) is 0.533. The van der Waals surface area contributed by atoms with E-state index in [4.69, 9.17) is 9.84 Å². The van der Waals surface area contributed by atoms with Crippen LogP contribution in [0.1, 0.15) is 23.4 Å². The highest BCUT2D eigenvalue weighted by Crippen LogP contribution is 2.15. The fourth-order valence-electron chi connectivity index (χ4n) is 2.56. The minimum atomic E-state index is -1.04. The van der Waals surface area contributed by atoms with Gasteiger partial charge < -0.3 is 14.7 Å². The minimum absolute atomic E-state index is 0.195. The summed E-state index contributed by atoms with van der Waals surface area (Å²) in [6.45, 7) is 3.97. The number of hydrogen-bond acceptors (Lipinski definition) is 6. The van der Waals surface area contributed by atoms with Crippen LogP contribution in [-0.4, -0.2) is 68.3 Å². The van der Waals surface area contributed by atoms with Gasteiger partial charge >= 0.3 is 5.97 Å². The summed E-state index contributed by atoms with van der Waals surface area (Å²) in [5, 5.41) is 13.1. The smallest absolute Gasteiger partial charge is 0.323 e. The van der Waals surface area contributed by atoms with Crippen LogP contribution in [-0.2, 0) is 20.7 Å². The van der Waals surface area contributed by atoms with E-state index in [0.717, 1.165) is 17.0 Å². The molecule has 0 aromatic carbocycles. The first-order valence-electron chi connectivity index (χ1n) is 7.58. The first kappa shape index (κ1) is 17.8. The Kier molecular flexibility index (Phi) is 5.80. The number of aliphatic carboxylic acids is 1. The second kappa shape index (κ2) is 7.82. The van der Waals surface area contributed by atoms with Gasteiger partial charge in [0, 0.05) is 31.5 Å². The predicted octanol–water partition coefficient (Wildman–Crippen LogP) is 0.233. The molecular weight excluding hydrogens is 314 g/mol. The Morgan fingerprint density at radius 3 is 2.79 bits per heavy atom. The van der Waals surface area contributed by atoms with Crippen LogP contribution in [0.5, 0.6) is 0 Å². The molecule has 2 aromatic heterocycles. The number of hydrogen-bond donors (Lipinski definition) is 1. The summed E-state index contributed by atoms with van der Waals surface area (Å²) in [5.41, 5.74) is 2.59. The normalized spacial score (nSPS) is 11.0. The number of methoxy groups -OCH3 is 1. The SMILES string of the molecule is COCCN(CC(=O)O)C(=O)CCc1c(C)nc2ncnn2c1C. The lowest BCUT2D eigenvalue weighted by molar-refractivity contribution is -0.144. The second-order valence-corrected chi connectivity index (χ2v) is 5.43.